The first-order valence-corrected chi connectivity index (χ1v) is 7.02. The lowest BCUT2D eigenvalue weighted by Crippen LogP contribution is -2.14. The highest BCUT2D eigenvalue weighted by atomic mass is 16.1. The Morgan fingerprint density at radius 2 is 1.52 bits per heavy atom. The van der Waals surface area contributed by atoms with E-state index in [-0.39, 0.29) is 5.56 Å². The minimum absolute atomic E-state index is 0.0605. The molecule has 3 nitrogen and oxygen atoms in total. The average molecular weight is 276 g/mol. The number of benzene rings is 2. The molecule has 2 aromatic carbocycles. The second-order valence-corrected chi connectivity index (χ2v) is 4.86. The van der Waals surface area contributed by atoms with Crippen molar-refractivity contribution in [1.29, 1.82) is 0 Å². The molecule has 0 aliphatic carbocycles. The number of aromatic nitrogens is 2. The normalized spacial score (nSPS) is 10.5. The van der Waals surface area contributed by atoms with E-state index in [1.165, 1.54) is 11.9 Å². The van der Waals surface area contributed by atoms with Gasteiger partial charge in [-0.25, -0.2) is 4.98 Å². The van der Waals surface area contributed by atoms with E-state index in [1.807, 2.05) is 37.3 Å². The largest absolute Gasteiger partial charge is 0.313 e. The molecule has 0 atom stereocenters. The Bertz CT molecular complexity index is 789. The Morgan fingerprint density at radius 1 is 0.905 bits per heavy atom. The van der Waals surface area contributed by atoms with Crippen LogP contribution in [0.4, 0.5) is 0 Å². The predicted octanol–water partition coefficient (Wildman–Crippen LogP) is 3.67. The van der Waals surface area contributed by atoms with Gasteiger partial charge in [-0.2, -0.15) is 0 Å². The molecule has 0 bridgehead atoms. The molecule has 3 aromatic rings. The first kappa shape index (κ1) is 13.3. The third-order valence-electron chi connectivity index (χ3n) is 3.57. The average Bonchev–Trinajstić information content (AvgIpc) is 2.55. The van der Waals surface area contributed by atoms with Gasteiger partial charge in [-0.15, -0.1) is 0 Å². The highest BCUT2D eigenvalue weighted by Crippen LogP contribution is 2.24. The fraction of sp³-hybridized carbons (Fsp3) is 0.111. The number of rotatable bonds is 3. The van der Waals surface area contributed by atoms with Crippen molar-refractivity contribution in [2.24, 2.45) is 0 Å². The molecule has 0 aliphatic rings. The van der Waals surface area contributed by atoms with E-state index in [0.29, 0.717) is 6.42 Å². The van der Waals surface area contributed by atoms with E-state index in [4.69, 9.17) is 0 Å². The van der Waals surface area contributed by atoms with Gasteiger partial charge in [-0.1, -0.05) is 61.5 Å². The lowest BCUT2D eigenvalue weighted by molar-refractivity contribution is 1.01. The van der Waals surface area contributed by atoms with Crippen molar-refractivity contribution in [2.75, 3.05) is 0 Å². The van der Waals surface area contributed by atoms with Crippen LogP contribution in [0.2, 0.25) is 0 Å². The van der Waals surface area contributed by atoms with E-state index in [9.17, 15) is 4.79 Å². The summed E-state index contributed by atoms with van der Waals surface area (Å²) in [6, 6.07) is 18.4. The smallest absolute Gasteiger partial charge is 0.254 e. The van der Waals surface area contributed by atoms with E-state index < -0.39 is 0 Å². The monoisotopic (exact) mass is 276 g/mol. The van der Waals surface area contributed by atoms with Gasteiger partial charge in [0.2, 0.25) is 0 Å². The highest BCUT2D eigenvalue weighted by Gasteiger charge is 2.09. The Kier molecular flexibility index (Phi) is 3.65. The summed E-state index contributed by atoms with van der Waals surface area (Å²) in [4.78, 5) is 18.8. The molecule has 3 rings (SSSR count). The van der Waals surface area contributed by atoms with Crippen molar-refractivity contribution < 1.29 is 0 Å². The Labute approximate surface area is 123 Å². The number of hydrogen-bond donors (Lipinski definition) is 1. The summed E-state index contributed by atoms with van der Waals surface area (Å²) in [5.41, 5.74) is 4.74. The van der Waals surface area contributed by atoms with Gasteiger partial charge in [0.05, 0.1) is 12.0 Å². The van der Waals surface area contributed by atoms with Crippen molar-refractivity contribution in [3.63, 3.8) is 0 Å². The zero-order valence-electron chi connectivity index (χ0n) is 11.8. The van der Waals surface area contributed by atoms with Crippen molar-refractivity contribution in [3.8, 4) is 22.4 Å². The lowest BCUT2D eigenvalue weighted by Gasteiger charge is -2.07. The standard InChI is InChI=1S/C18H16N2O/c1-2-16-17(19-12-20-18(16)21)15-10-8-14(9-11-15)13-6-4-3-5-7-13/h3-12H,2H2,1H3,(H,19,20,21). The van der Waals surface area contributed by atoms with E-state index in [0.717, 1.165) is 22.4 Å². The number of H-pyrrole nitrogens is 1. The molecule has 0 spiro atoms. The lowest BCUT2D eigenvalue weighted by atomic mass is 10.0. The molecule has 0 radical (unpaired) electrons. The molecule has 104 valence electrons. The van der Waals surface area contributed by atoms with E-state index >= 15 is 0 Å². The van der Waals surface area contributed by atoms with Crippen LogP contribution in [-0.4, -0.2) is 9.97 Å². The van der Waals surface area contributed by atoms with Crippen LogP contribution in [0.1, 0.15) is 12.5 Å². The van der Waals surface area contributed by atoms with Gasteiger partial charge in [0.1, 0.15) is 0 Å². The van der Waals surface area contributed by atoms with Crippen LogP contribution in [0.3, 0.4) is 0 Å². The molecule has 0 saturated carbocycles. The number of nitrogens with zero attached hydrogens (tertiary/aromatic N) is 1. The first-order chi connectivity index (χ1) is 10.3. The second-order valence-electron chi connectivity index (χ2n) is 4.86. The van der Waals surface area contributed by atoms with Gasteiger partial charge < -0.3 is 4.98 Å². The molecule has 1 aromatic heterocycles. The quantitative estimate of drug-likeness (QED) is 0.793. The molecule has 21 heavy (non-hydrogen) atoms. The summed E-state index contributed by atoms with van der Waals surface area (Å²) in [5.74, 6) is 0. The second kappa shape index (κ2) is 5.75. The summed E-state index contributed by atoms with van der Waals surface area (Å²) in [5, 5.41) is 0. The molecule has 0 amide bonds. The fourth-order valence-electron chi connectivity index (χ4n) is 2.46. The minimum Gasteiger partial charge on any atom is -0.313 e. The summed E-state index contributed by atoms with van der Waals surface area (Å²) >= 11 is 0. The van der Waals surface area contributed by atoms with Crippen LogP contribution in [-0.2, 0) is 6.42 Å². The molecule has 0 fully saturated rings. The van der Waals surface area contributed by atoms with Crippen molar-refractivity contribution in [2.45, 2.75) is 13.3 Å². The maximum atomic E-state index is 11.8. The van der Waals surface area contributed by atoms with Crippen molar-refractivity contribution in [3.05, 3.63) is 76.8 Å². The van der Waals surface area contributed by atoms with Crippen LogP contribution in [0.5, 0.6) is 0 Å². The van der Waals surface area contributed by atoms with E-state index in [2.05, 4.69) is 34.2 Å². The SMILES string of the molecule is CCc1c(-c2ccc(-c3ccccc3)cc2)nc[nH]c1=O. The third kappa shape index (κ3) is 2.63. The van der Waals surface area contributed by atoms with Gasteiger partial charge >= 0.3 is 0 Å². The van der Waals surface area contributed by atoms with Crippen molar-refractivity contribution >= 4 is 0 Å². The molecule has 0 aliphatic heterocycles. The molecule has 0 saturated heterocycles. The molecule has 3 heteroatoms. The van der Waals surface area contributed by atoms with Gasteiger partial charge in [0.25, 0.3) is 5.56 Å². The molecule has 1 N–H and O–H groups in total. The van der Waals surface area contributed by atoms with Crippen LogP contribution >= 0.6 is 0 Å². The molecule has 1 heterocycles. The van der Waals surface area contributed by atoms with Gasteiger partial charge in [0, 0.05) is 11.1 Å². The van der Waals surface area contributed by atoms with Crippen molar-refractivity contribution in [1.82, 2.24) is 9.97 Å². The minimum atomic E-state index is -0.0605. The topological polar surface area (TPSA) is 45.8 Å². The van der Waals surface area contributed by atoms with Crippen LogP contribution in [0, 0.1) is 0 Å². The van der Waals surface area contributed by atoms with Crippen LogP contribution in [0.25, 0.3) is 22.4 Å². The Hall–Kier alpha value is -2.68. The van der Waals surface area contributed by atoms with Gasteiger partial charge in [0.15, 0.2) is 0 Å². The zero-order valence-corrected chi connectivity index (χ0v) is 11.8. The Balaban J connectivity index is 2.03. The van der Waals surface area contributed by atoms with Crippen LogP contribution in [0.15, 0.2) is 65.7 Å². The van der Waals surface area contributed by atoms with E-state index in [1.54, 1.807) is 0 Å². The Morgan fingerprint density at radius 3 is 2.19 bits per heavy atom. The molecular formula is C18H16N2O. The summed E-state index contributed by atoms with van der Waals surface area (Å²) in [6.45, 7) is 1.97. The maximum Gasteiger partial charge on any atom is 0.254 e. The molecule has 0 unspecified atom stereocenters. The molecular weight excluding hydrogens is 260 g/mol. The number of nitrogens with one attached hydrogen (secondary N) is 1. The maximum absolute atomic E-state index is 11.8. The summed E-state index contributed by atoms with van der Waals surface area (Å²) in [6.07, 6.45) is 2.13. The number of hydrogen-bond acceptors (Lipinski definition) is 2. The van der Waals surface area contributed by atoms with Gasteiger partial charge in [-0.05, 0) is 17.5 Å². The summed E-state index contributed by atoms with van der Waals surface area (Å²) in [7, 11) is 0. The zero-order chi connectivity index (χ0) is 14.7. The fourth-order valence-corrected chi connectivity index (χ4v) is 2.46. The van der Waals surface area contributed by atoms with Crippen LogP contribution < -0.4 is 5.56 Å². The number of aromatic amines is 1. The predicted molar refractivity (Wildman–Crippen MR) is 85.1 cm³/mol. The van der Waals surface area contributed by atoms with Gasteiger partial charge in [-0.3, -0.25) is 4.79 Å². The summed E-state index contributed by atoms with van der Waals surface area (Å²) < 4.78 is 0. The third-order valence-corrected chi connectivity index (χ3v) is 3.57. The first-order valence-electron chi connectivity index (χ1n) is 7.02. The highest BCUT2D eigenvalue weighted by molar-refractivity contribution is 5.69.